The fraction of sp³-hybridized carbons (Fsp3) is 0.400. The second kappa shape index (κ2) is 3.65. The second-order valence-corrected chi connectivity index (χ2v) is 3.30. The zero-order valence-electron chi connectivity index (χ0n) is 8.51. The van der Waals surface area contributed by atoms with E-state index in [1.54, 1.807) is 0 Å². The van der Waals surface area contributed by atoms with Crippen molar-refractivity contribution in [2.75, 3.05) is 0 Å². The standard InChI is InChI=1S/C10H14N4/c1-3-13-8-11-6-10(13)7-14-9(2)4-5-12-14/h4-6,8H,3,7H2,1-2H3. The highest BCUT2D eigenvalue weighted by Gasteiger charge is 2.03. The second-order valence-electron chi connectivity index (χ2n) is 3.30. The zero-order valence-corrected chi connectivity index (χ0v) is 8.51. The molecular formula is C10H14N4. The lowest BCUT2D eigenvalue weighted by Crippen LogP contribution is -2.08. The van der Waals surface area contributed by atoms with E-state index in [4.69, 9.17) is 0 Å². The van der Waals surface area contributed by atoms with Crippen LogP contribution in [0.2, 0.25) is 0 Å². The highest BCUT2D eigenvalue weighted by Crippen LogP contribution is 2.04. The van der Waals surface area contributed by atoms with Gasteiger partial charge < -0.3 is 4.57 Å². The maximum absolute atomic E-state index is 4.24. The van der Waals surface area contributed by atoms with E-state index in [-0.39, 0.29) is 0 Å². The average Bonchev–Trinajstić information content (AvgIpc) is 2.77. The Morgan fingerprint density at radius 3 is 2.93 bits per heavy atom. The van der Waals surface area contributed by atoms with Gasteiger partial charge in [0.05, 0.1) is 24.8 Å². The van der Waals surface area contributed by atoms with Crippen molar-refractivity contribution < 1.29 is 0 Å². The summed E-state index contributed by atoms with van der Waals surface area (Å²) >= 11 is 0. The van der Waals surface area contributed by atoms with Gasteiger partial charge in [0.25, 0.3) is 0 Å². The van der Waals surface area contributed by atoms with E-state index in [2.05, 4.69) is 28.5 Å². The largest absolute Gasteiger partial charge is 0.333 e. The lowest BCUT2D eigenvalue weighted by Gasteiger charge is -2.06. The van der Waals surface area contributed by atoms with E-state index >= 15 is 0 Å². The molecule has 2 aromatic rings. The summed E-state index contributed by atoms with van der Waals surface area (Å²) in [5.74, 6) is 0. The lowest BCUT2D eigenvalue weighted by atomic mass is 10.4. The van der Waals surface area contributed by atoms with Gasteiger partial charge in [0, 0.05) is 18.4 Å². The van der Waals surface area contributed by atoms with Crippen LogP contribution in [0.1, 0.15) is 18.3 Å². The Morgan fingerprint density at radius 2 is 2.29 bits per heavy atom. The van der Waals surface area contributed by atoms with Gasteiger partial charge in [0.15, 0.2) is 0 Å². The van der Waals surface area contributed by atoms with Gasteiger partial charge in [0.1, 0.15) is 0 Å². The quantitative estimate of drug-likeness (QED) is 0.734. The molecular weight excluding hydrogens is 176 g/mol. The molecule has 74 valence electrons. The molecule has 0 fully saturated rings. The minimum Gasteiger partial charge on any atom is -0.333 e. The molecule has 14 heavy (non-hydrogen) atoms. The number of hydrogen-bond acceptors (Lipinski definition) is 2. The number of imidazole rings is 1. The summed E-state index contributed by atoms with van der Waals surface area (Å²) in [6.07, 6.45) is 5.57. The van der Waals surface area contributed by atoms with Crippen molar-refractivity contribution in [3.05, 3.63) is 36.2 Å². The Labute approximate surface area is 83.2 Å². The van der Waals surface area contributed by atoms with Crippen LogP contribution >= 0.6 is 0 Å². The van der Waals surface area contributed by atoms with Crippen molar-refractivity contribution in [1.29, 1.82) is 0 Å². The SMILES string of the molecule is CCn1cncc1Cn1nccc1C. The summed E-state index contributed by atoms with van der Waals surface area (Å²) in [7, 11) is 0. The molecule has 0 saturated carbocycles. The number of nitrogens with zero attached hydrogens (tertiary/aromatic N) is 4. The van der Waals surface area contributed by atoms with Gasteiger partial charge in [-0.2, -0.15) is 5.10 Å². The molecule has 0 aromatic carbocycles. The molecule has 0 amide bonds. The van der Waals surface area contributed by atoms with Crippen LogP contribution in [0.15, 0.2) is 24.8 Å². The predicted octanol–water partition coefficient (Wildman–Crippen LogP) is 1.46. The number of hydrogen-bond donors (Lipinski definition) is 0. The number of aryl methyl sites for hydroxylation is 2. The molecule has 2 heterocycles. The molecule has 0 spiro atoms. The van der Waals surface area contributed by atoms with Crippen LogP contribution in [-0.2, 0) is 13.1 Å². The topological polar surface area (TPSA) is 35.6 Å². The van der Waals surface area contributed by atoms with Crippen LogP contribution in [0.5, 0.6) is 0 Å². The minimum atomic E-state index is 0.798. The first-order chi connectivity index (χ1) is 6.81. The molecule has 0 saturated heterocycles. The van der Waals surface area contributed by atoms with Crippen molar-refractivity contribution >= 4 is 0 Å². The van der Waals surface area contributed by atoms with Crippen LogP contribution in [0.3, 0.4) is 0 Å². The Hall–Kier alpha value is -1.58. The molecule has 0 aliphatic carbocycles. The third-order valence-electron chi connectivity index (χ3n) is 2.38. The molecule has 0 atom stereocenters. The van der Waals surface area contributed by atoms with Gasteiger partial charge in [-0.25, -0.2) is 4.98 Å². The van der Waals surface area contributed by atoms with Crippen LogP contribution in [0.4, 0.5) is 0 Å². The monoisotopic (exact) mass is 190 g/mol. The summed E-state index contributed by atoms with van der Waals surface area (Å²) < 4.78 is 4.10. The van der Waals surface area contributed by atoms with Crippen LogP contribution < -0.4 is 0 Å². The third kappa shape index (κ3) is 1.55. The third-order valence-corrected chi connectivity index (χ3v) is 2.38. The van der Waals surface area contributed by atoms with Gasteiger partial charge >= 0.3 is 0 Å². The van der Waals surface area contributed by atoms with Gasteiger partial charge in [0.2, 0.25) is 0 Å². The van der Waals surface area contributed by atoms with E-state index in [0.29, 0.717) is 0 Å². The normalized spacial score (nSPS) is 10.7. The summed E-state index contributed by atoms with van der Waals surface area (Å²) in [6.45, 7) is 5.92. The number of aromatic nitrogens is 4. The Balaban J connectivity index is 2.22. The summed E-state index contributed by atoms with van der Waals surface area (Å²) in [5, 5.41) is 4.24. The van der Waals surface area contributed by atoms with Crippen molar-refractivity contribution in [3.8, 4) is 0 Å². The van der Waals surface area contributed by atoms with Crippen molar-refractivity contribution in [3.63, 3.8) is 0 Å². The van der Waals surface area contributed by atoms with Crippen LogP contribution in [0, 0.1) is 6.92 Å². The number of rotatable bonds is 3. The summed E-state index contributed by atoms with van der Waals surface area (Å²) in [6, 6.07) is 2.01. The summed E-state index contributed by atoms with van der Waals surface area (Å²) in [4.78, 5) is 4.13. The first-order valence-corrected chi connectivity index (χ1v) is 4.78. The fourth-order valence-electron chi connectivity index (χ4n) is 1.48. The molecule has 2 aromatic heterocycles. The first-order valence-electron chi connectivity index (χ1n) is 4.78. The molecule has 0 aliphatic heterocycles. The highest BCUT2D eigenvalue weighted by atomic mass is 15.3. The van der Waals surface area contributed by atoms with Gasteiger partial charge in [-0.05, 0) is 19.9 Å². The molecule has 0 unspecified atom stereocenters. The minimum absolute atomic E-state index is 0.798. The van der Waals surface area contributed by atoms with Gasteiger partial charge in [-0.1, -0.05) is 0 Å². The van der Waals surface area contributed by atoms with Crippen LogP contribution in [-0.4, -0.2) is 19.3 Å². The van der Waals surface area contributed by atoms with Crippen LogP contribution in [0.25, 0.3) is 0 Å². The molecule has 0 radical (unpaired) electrons. The maximum Gasteiger partial charge on any atom is 0.0948 e. The van der Waals surface area contributed by atoms with E-state index < -0.39 is 0 Å². The predicted molar refractivity (Wildman–Crippen MR) is 54.0 cm³/mol. The highest BCUT2D eigenvalue weighted by molar-refractivity contribution is 5.03. The van der Waals surface area contributed by atoms with E-state index in [1.165, 1.54) is 11.4 Å². The first kappa shape index (κ1) is 8.99. The molecule has 4 heteroatoms. The lowest BCUT2D eigenvalue weighted by molar-refractivity contribution is 0.610. The van der Waals surface area contributed by atoms with Crippen molar-refractivity contribution in [1.82, 2.24) is 19.3 Å². The van der Waals surface area contributed by atoms with Gasteiger partial charge in [-0.15, -0.1) is 0 Å². The van der Waals surface area contributed by atoms with E-state index in [1.807, 2.05) is 29.5 Å². The van der Waals surface area contributed by atoms with E-state index in [0.717, 1.165) is 13.1 Å². The molecule has 2 rings (SSSR count). The Kier molecular flexibility index (Phi) is 2.35. The van der Waals surface area contributed by atoms with E-state index in [9.17, 15) is 0 Å². The Bertz CT molecular complexity index is 413. The molecule has 0 aliphatic rings. The molecule has 4 nitrogen and oxygen atoms in total. The smallest absolute Gasteiger partial charge is 0.0948 e. The zero-order chi connectivity index (χ0) is 9.97. The van der Waals surface area contributed by atoms with Gasteiger partial charge in [-0.3, -0.25) is 4.68 Å². The summed E-state index contributed by atoms with van der Waals surface area (Å²) in [5.41, 5.74) is 2.37. The average molecular weight is 190 g/mol. The maximum atomic E-state index is 4.24. The van der Waals surface area contributed by atoms with Crippen molar-refractivity contribution in [2.45, 2.75) is 26.9 Å². The Morgan fingerprint density at radius 1 is 1.43 bits per heavy atom. The fourth-order valence-corrected chi connectivity index (χ4v) is 1.48. The molecule has 0 N–H and O–H groups in total. The molecule has 0 bridgehead atoms. The van der Waals surface area contributed by atoms with Crippen molar-refractivity contribution in [2.24, 2.45) is 0 Å².